The van der Waals surface area contributed by atoms with Gasteiger partial charge in [-0.15, -0.1) is 0 Å². The molecule has 3 heteroatoms. The summed E-state index contributed by atoms with van der Waals surface area (Å²) >= 11 is 0. The molecule has 1 aromatic carbocycles. The third kappa shape index (κ3) is 3.42. The molecule has 0 heterocycles. The molecule has 68 valence electrons. The summed E-state index contributed by atoms with van der Waals surface area (Å²) in [5, 5.41) is 0. The lowest BCUT2D eigenvalue weighted by Gasteiger charge is -2.06. The van der Waals surface area contributed by atoms with Crippen molar-refractivity contribution < 1.29 is 14.3 Å². The molecule has 0 unspecified atom stereocenters. The average molecular weight is 178 g/mol. The van der Waals surface area contributed by atoms with Crippen molar-refractivity contribution in [2.75, 3.05) is 0 Å². The summed E-state index contributed by atoms with van der Waals surface area (Å²) in [4.78, 5) is 10.5. The molecule has 0 aliphatic heterocycles. The number of esters is 1. The fraction of sp³-hybridized carbons (Fsp3) is 0.100. The minimum absolute atomic E-state index is 0.0151. The molecule has 0 atom stereocenters. The first kappa shape index (κ1) is 9.32. The van der Waals surface area contributed by atoms with Gasteiger partial charge in [-0.25, -0.2) is 0 Å². The van der Waals surface area contributed by atoms with Gasteiger partial charge in [0.2, 0.25) is 0 Å². The molecule has 1 rings (SSSR count). The molecule has 0 amide bonds. The Balaban J connectivity index is 2.50. The molecule has 0 N–H and O–H groups in total. The highest BCUT2D eigenvalue weighted by atomic mass is 16.7. The van der Waals surface area contributed by atoms with Crippen molar-refractivity contribution in [2.24, 2.45) is 0 Å². The quantitative estimate of drug-likeness (QED) is 0.525. The van der Waals surface area contributed by atoms with Gasteiger partial charge < -0.3 is 9.47 Å². The Kier molecular flexibility index (Phi) is 3.09. The number of ether oxygens (including phenoxy) is 2. The number of carbonyl (C=O) groups is 1. The van der Waals surface area contributed by atoms with Crippen molar-refractivity contribution in [3.05, 3.63) is 42.9 Å². The zero-order chi connectivity index (χ0) is 9.68. The minimum atomic E-state index is -0.444. The Bertz CT molecular complexity index is 303. The summed E-state index contributed by atoms with van der Waals surface area (Å²) < 4.78 is 9.69. The van der Waals surface area contributed by atoms with E-state index in [2.05, 4.69) is 11.3 Å². The van der Waals surface area contributed by atoms with Crippen LogP contribution in [0.2, 0.25) is 0 Å². The minimum Gasteiger partial charge on any atom is -0.426 e. The number of benzene rings is 1. The molecule has 0 aliphatic carbocycles. The van der Waals surface area contributed by atoms with Crippen LogP contribution < -0.4 is 4.74 Å². The maximum atomic E-state index is 10.5. The molecular formula is C10H10O3. The van der Waals surface area contributed by atoms with Crippen LogP contribution in [-0.4, -0.2) is 5.97 Å². The first-order valence-corrected chi connectivity index (χ1v) is 3.78. The lowest BCUT2D eigenvalue weighted by molar-refractivity contribution is -0.139. The molecule has 13 heavy (non-hydrogen) atoms. The van der Waals surface area contributed by atoms with Crippen LogP contribution >= 0.6 is 0 Å². The molecule has 1 aromatic rings. The van der Waals surface area contributed by atoms with Crippen LogP contribution in [0.4, 0.5) is 0 Å². The molecule has 0 saturated carbocycles. The molecule has 0 saturated heterocycles. The van der Waals surface area contributed by atoms with Crippen LogP contribution in [0.3, 0.4) is 0 Å². The van der Waals surface area contributed by atoms with Crippen LogP contribution in [0, 0.1) is 0 Å². The predicted octanol–water partition coefficient (Wildman–Crippen LogP) is 2.10. The first-order valence-electron chi connectivity index (χ1n) is 3.78. The average Bonchev–Trinajstić information content (AvgIpc) is 2.04. The monoisotopic (exact) mass is 178 g/mol. The van der Waals surface area contributed by atoms with E-state index < -0.39 is 5.97 Å². The maximum Gasteiger partial charge on any atom is 0.310 e. The van der Waals surface area contributed by atoms with Gasteiger partial charge in [0.15, 0.2) is 0 Å². The fourth-order valence-corrected chi connectivity index (χ4v) is 0.801. The number of carbonyl (C=O) groups excluding carboxylic acids is 1. The fourth-order valence-electron chi connectivity index (χ4n) is 0.801. The normalized spacial score (nSPS) is 9.00. The van der Waals surface area contributed by atoms with Crippen molar-refractivity contribution in [3.63, 3.8) is 0 Å². The van der Waals surface area contributed by atoms with Gasteiger partial charge in [0.05, 0.1) is 0 Å². The van der Waals surface area contributed by atoms with E-state index in [4.69, 9.17) is 4.74 Å². The Morgan fingerprint density at radius 2 is 1.92 bits per heavy atom. The maximum absolute atomic E-state index is 10.5. The van der Waals surface area contributed by atoms with Crippen LogP contribution in [0.15, 0.2) is 42.9 Å². The van der Waals surface area contributed by atoms with E-state index in [1.807, 2.05) is 18.2 Å². The van der Waals surface area contributed by atoms with Crippen LogP contribution in [0.5, 0.6) is 5.75 Å². The van der Waals surface area contributed by atoms with E-state index in [1.54, 1.807) is 12.1 Å². The van der Waals surface area contributed by atoms with E-state index >= 15 is 0 Å². The summed E-state index contributed by atoms with van der Waals surface area (Å²) in [5.41, 5.74) is 0. The number of para-hydroxylation sites is 1. The van der Waals surface area contributed by atoms with Crippen molar-refractivity contribution >= 4 is 5.97 Å². The molecule has 0 fully saturated rings. The Labute approximate surface area is 76.6 Å². The SMILES string of the molecule is C=C(OC(C)=O)Oc1ccccc1. The number of hydrogen-bond donors (Lipinski definition) is 0. The Hall–Kier alpha value is -1.77. The van der Waals surface area contributed by atoms with E-state index in [1.165, 1.54) is 6.92 Å². The summed E-state index contributed by atoms with van der Waals surface area (Å²) in [7, 11) is 0. The van der Waals surface area contributed by atoms with Crippen molar-refractivity contribution in [2.45, 2.75) is 6.92 Å². The number of rotatable bonds is 3. The highest BCUT2D eigenvalue weighted by molar-refractivity contribution is 5.66. The Morgan fingerprint density at radius 1 is 1.31 bits per heavy atom. The van der Waals surface area contributed by atoms with Gasteiger partial charge in [-0.3, -0.25) is 4.79 Å². The van der Waals surface area contributed by atoms with Gasteiger partial charge in [-0.2, -0.15) is 0 Å². The predicted molar refractivity (Wildman–Crippen MR) is 48.0 cm³/mol. The van der Waals surface area contributed by atoms with Crippen molar-refractivity contribution in [1.29, 1.82) is 0 Å². The van der Waals surface area contributed by atoms with Gasteiger partial charge in [0.25, 0.3) is 5.95 Å². The standard InChI is InChI=1S/C10H10O3/c1-8(11)12-9(2)13-10-6-4-3-5-7-10/h3-7H,2H2,1H3. The zero-order valence-corrected chi connectivity index (χ0v) is 7.32. The molecule has 0 aliphatic rings. The van der Waals surface area contributed by atoms with E-state index in [-0.39, 0.29) is 5.95 Å². The van der Waals surface area contributed by atoms with Gasteiger partial charge in [-0.1, -0.05) is 18.2 Å². The molecule has 0 aromatic heterocycles. The van der Waals surface area contributed by atoms with Crippen molar-refractivity contribution in [3.8, 4) is 5.75 Å². The lowest BCUT2D eigenvalue weighted by atomic mass is 10.3. The second-order valence-electron chi connectivity index (χ2n) is 2.38. The third-order valence-corrected chi connectivity index (χ3v) is 1.23. The van der Waals surface area contributed by atoms with Crippen molar-refractivity contribution in [1.82, 2.24) is 0 Å². The van der Waals surface area contributed by atoms with Gasteiger partial charge >= 0.3 is 5.97 Å². The molecule has 0 radical (unpaired) electrons. The summed E-state index contributed by atoms with van der Waals surface area (Å²) in [5.74, 6) is 0.133. The first-order chi connectivity index (χ1) is 6.18. The molecule has 0 spiro atoms. The summed E-state index contributed by atoms with van der Waals surface area (Å²) in [6, 6.07) is 8.98. The molecule has 0 bridgehead atoms. The van der Waals surface area contributed by atoms with E-state index in [9.17, 15) is 4.79 Å². The highest BCUT2D eigenvalue weighted by Crippen LogP contribution is 2.12. The largest absolute Gasteiger partial charge is 0.426 e. The smallest absolute Gasteiger partial charge is 0.310 e. The van der Waals surface area contributed by atoms with Crippen LogP contribution in [0.25, 0.3) is 0 Å². The second kappa shape index (κ2) is 4.30. The second-order valence-corrected chi connectivity index (χ2v) is 2.38. The highest BCUT2D eigenvalue weighted by Gasteiger charge is 2.00. The molecule has 3 nitrogen and oxygen atoms in total. The van der Waals surface area contributed by atoms with Crippen LogP contribution in [-0.2, 0) is 9.53 Å². The van der Waals surface area contributed by atoms with Gasteiger partial charge in [0.1, 0.15) is 5.75 Å². The Morgan fingerprint density at radius 3 is 2.46 bits per heavy atom. The van der Waals surface area contributed by atoms with Crippen LogP contribution in [0.1, 0.15) is 6.92 Å². The number of hydrogen-bond acceptors (Lipinski definition) is 3. The van der Waals surface area contributed by atoms with Gasteiger partial charge in [0, 0.05) is 6.92 Å². The third-order valence-electron chi connectivity index (χ3n) is 1.23. The topological polar surface area (TPSA) is 35.5 Å². The summed E-state index contributed by atoms with van der Waals surface area (Å²) in [6.45, 7) is 4.72. The zero-order valence-electron chi connectivity index (χ0n) is 7.32. The summed E-state index contributed by atoms with van der Waals surface area (Å²) in [6.07, 6.45) is 0. The van der Waals surface area contributed by atoms with Gasteiger partial charge in [-0.05, 0) is 18.7 Å². The van der Waals surface area contributed by atoms with E-state index in [0.29, 0.717) is 5.75 Å². The van der Waals surface area contributed by atoms with E-state index in [0.717, 1.165) is 0 Å². The lowest BCUT2D eigenvalue weighted by Crippen LogP contribution is -2.03. The molecular weight excluding hydrogens is 168 g/mol.